The second kappa shape index (κ2) is 8.55. The molecule has 0 fully saturated rings. The molecule has 0 saturated carbocycles. The van der Waals surface area contributed by atoms with Crippen LogP contribution in [0.2, 0.25) is 0 Å². The van der Waals surface area contributed by atoms with Gasteiger partial charge in [0.1, 0.15) is 5.75 Å². The summed E-state index contributed by atoms with van der Waals surface area (Å²) in [6.45, 7) is 2.64. The molecular weight excluding hydrogens is 258 g/mol. The minimum atomic E-state index is -1.18. The van der Waals surface area contributed by atoms with Crippen LogP contribution in [-0.4, -0.2) is 39.1 Å². The standard InChI is InChI=1S/C15H23NO4/c1-4-19-14(17)15(16-2,11-8-12-18-3)20-13-9-6-5-7-10-13/h5-7,9-10,16H,4,8,11-12H2,1-3H3. The van der Waals surface area contributed by atoms with Crippen molar-refractivity contribution in [3.8, 4) is 5.75 Å². The summed E-state index contributed by atoms with van der Waals surface area (Å²) in [7, 11) is 3.32. The zero-order chi connectivity index (χ0) is 14.8. The average molecular weight is 281 g/mol. The van der Waals surface area contributed by atoms with E-state index < -0.39 is 11.7 Å². The van der Waals surface area contributed by atoms with Crippen LogP contribution in [0.3, 0.4) is 0 Å². The van der Waals surface area contributed by atoms with Gasteiger partial charge in [0, 0.05) is 20.1 Å². The highest BCUT2D eigenvalue weighted by atomic mass is 16.6. The van der Waals surface area contributed by atoms with Gasteiger partial charge in [-0.1, -0.05) is 18.2 Å². The molecule has 0 amide bonds. The number of rotatable bonds is 9. The molecule has 0 aliphatic carbocycles. The monoisotopic (exact) mass is 281 g/mol. The van der Waals surface area contributed by atoms with Crippen molar-refractivity contribution >= 4 is 5.97 Å². The topological polar surface area (TPSA) is 56.8 Å². The Labute approximate surface area is 120 Å². The summed E-state index contributed by atoms with van der Waals surface area (Å²) in [4.78, 5) is 12.2. The number of carbonyl (C=O) groups is 1. The Bertz CT molecular complexity index is 396. The van der Waals surface area contributed by atoms with Crippen molar-refractivity contribution in [1.29, 1.82) is 0 Å². The average Bonchev–Trinajstić information content (AvgIpc) is 2.47. The molecule has 20 heavy (non-hydrogen) atoms. The maximum Gasteiger partial charge on any atom is 0.366 e. The van der Waals surface area contributed by atoms with E-state index in [2.05, 4.69) is 5.32 Å². The lowest BCUT2D eigenvalue weighted by Gasteiger charge is -2.31. The number of esters is 1. The van der Waals surface area contributed by atoms with Crippen LogP contribution in [-0.2, 0) is 14.3 Å². The van der Waals surface area contributed by atoms with Crippen molar-refractivity contribution in [3.63, 3.8) is 0 Å². The Morgan fingerprint density at radius 1 is 1.30 bits per heavy atom. The minimum absolute atomic E-state index is 0.310. The first kappa shape index (κ1) is 16.5. The maximum atomic E-state index is 12.2. The third-order valence-electron chi connectivity index (χ3n) is 2.92. The number of methoxy groups -OCH3 is 1. The van der Waals surface area contributed by atoms with Crippen molar-refractivity contribution in [3.05, 3.63) is 30.3 Å². The van der Waals surface area contributed by atoms with Crippen LogP contribution in [0.15, 0.2) is 30.3 Å². The quantitative estimate of drug-likeness (QED) is 0.426. The molecule has 0 aliphatic heterocycles. The second-order valence-corrected chi connectivity index (χ2v) is 4.31. The Balaban J connectivity index is 2.88. The van der Waals surface area contributed by atoms with Crippen LogP contribution in [0.1, 0.15) is 19.8 Å². The van der Waals surface area contributed by atoms with E-state index in [1.54, 1.807) is 21.1 Å². The van der Waals surface area contributed by atoms with Gasteiger partial charge in [-0.05, 0) is 32.5 Å². The fraction of sp³-hybridized carbons (Fsp3) is 0.533. The van der Waals surface area contributed by atoms with Crippen LogP contribution in [0.4, 0.5) is 0 Å². The molecule has 1 aromatic carbocycles. The molecule has 1 aromatic rings. The molecule has 0 saturated heterocycles. The molecule has 0 radical (unpaired) electrons. The zero-order valence-electron chi connectivity index (χ0n) is 12.3. The number of benzene rings is 1. The van der Waals surface area contributed by atoms with Gasteiger partial charge in [-0.2, -0.15) is 0 Å². The summed E-state index contributed by atoms with van der Waals surface area (Å²) in [5, 5.41) is 2.96. The molecule has 0 bridgehead atoms. The van der Waals surface area contributed by atoms with Gasteiger partial charge in [-0.3, -0.25) is 5.32 Å². The fourth-order valence-electron chi connectivity index (χ4n) is 1.88. The van der Waals surface area contributed by atoms with Crippen molar-refractivity contribution in [2.24, 2.45) is 0 Å². The molecular formula is C15H23NO4. The van der Waals surface area contributed by atoms with Gasteiger partial charge in [-0.15, -0.1) is 0 Å². The highest BCUT2D eigenvalue weighted by Gasteiger charge is 2.40. The summed E-state index contributed by atoms with van der Waals surface area (Å²) >= 11 is 0. The number of para-hydroxylation sites is 1. The predicted octanol–water partition coefficient (Wildman–Crippen LogP) is 1.97. The van der Waals surface area contributed by atoms with Crippen molar-refractivity contribution < 1.29 is 19.0 Å². The van der Waals surface area contributed by atoms with E-state index in [1.807, 2.05) is 30.3 Å². The molecule has 112 valence electrons. The Morgan fingerprint density at radius 3 is 2.55 bits per heavy atom. The normalized spacial score (nSPS) is 13.6. The van der Waals surface area contributed by atoms with E-state index in [-0.39, 0.29) is 0 Å². The highest BCUT2D eigenvalue weighted by Crippen LogP contribution is 2.22. The van der Waals surface area contributed by atoms with Gasteiger partial charge >= 0.3 is 5.97 Å². The molecule has 5 heteroatoms. The number of hydrogen-bond donors (Lipinski definition) is 1. The van der Waals surface area contributed by atoms with Gasteiger partial charge in [-0.25, -0.2) is 4.79 Å². The van der Waals surface area contributed by atoms with Crippen molar-refractivity contribution in [2.45, 2.75) is 25.5 Å². The van der Waals surface area contributed by atoms with Crippen LogP contribution in [0.5, 0.6) is 5.75 Å². The van der Waals surface area contributed by atoms with E-state index in [9.17, 15) is 4.79 Å². The number of likely N-dealkylation sites (N-methyl/N-ethyl adjacent to an activating group) is 1. The van der Waals surface area contributed by atoms with Crippen LogP contribution in [0, 0.1) is 0 Å². The Morgan fingerprint density at radius 2 is 2.00 bits per heavy atom. The van der Waals surface area contributed by atoms with E-state index in [4.69, 9.17) is 14.2 Å². The zero-order valence-corrected chi connectivity index (χ0v) is 12.3. The smallest absolute Gasteiger partial charge is 0.366 e. The molecule has 0 aromatic heterocycles. The van der Waals surface area contributed by atoms with Gasteiger partial charge in [0.15, 0.2) is 0 Å². The lowest BCUT2D eigenvalue weighted by molar-refractivity contribution is -0.165. The summed E-state index contributed by atoms with van der Waals surface area (Å²) < 4.78 is 16.0. The molecule has 0 heterocycles. The minimum Gasteiger partial charge on any atom is -0.462 e. The third-order valence-corrected chi connectivity index (χ3v) is 2.92. The van der Waals surface area contributed by atoms with Gasteiger partial charge in [0.25, 0.3) is 5.72 Å². The largest absolute Gasteiger partial charge is 0.462 e. The third kappa shape index (κ3) is 4.51. The number of hydrogen-bond acceptors (Lipinski definition) is 5. The molecule has 1 N–H and O–H groups in total. The first-order valence-electron chi connectivity index (χ1n) is 6.77. The van der Waals surface area contributed by atoms with Gasteiger partial charge in [0.2, 0.25) is 0 Å². The van der Waals surface area contributed by atoms with Crippen LogP contribution >= 0.6 is 0 Å². The summed E-state index contributed by atoms with van der Waals surface area (Å²) in [5.74, 6) is 0.203. The van der Waals surface area contributed by atoms with Crippen LogP contribution < -0.4 is 10.1 Å². The number of carbonyl (C=O) groups excluding carboxylic acids is 1. The molecule has 1 rings (SSSR count). The first-order valence-corrected chi connectivity index (χ1v) is 6.77. The molecule has 1 unspecified atom stereocenters. The summed E-state index contributed by atoms with van der Waals surface area (Å²) in [5.41, 5.74) is -1.18. The number of nitrogens with one attached hydrogen (secondary N) is 1. The van der Waals surface area contributed by atoms with E-state index in [0.29, 0.717) is 31.8 Å². The van der Waals surface area contributed by atoms with Crippen molar-refractivity contribution in [2.75, 3.05) is 27.4 Å². The maximum absolute atomic E-state index is 12.2. The summed E-state index contributed by atoms with van der Waals surface area (Å²) in [6.07, 6.45) is 1.15. The van der Waals surface area contributed by atoms with E-state index >= 15 is 0 Å². The first-order chi connectivity index (χ1) is 9.68. The van der Waals surface area contributed by atoms with Gasteiger partial charge < -0.3 is 14.2 Å². The fourth-order valence-corrected chi connectivity index (χ4v) is 1.88. The predicted molar refractivity (Wildman–Crippen MR) is 76.6 cm³/mol. The molecule has 0 aliphatic rings. The Kier molecular flexibility index (Phi) is 7.04. The van der Waals surface area contributed by atoms with Crippen LogP contribution in [0.25, 0.3) is 0 Å². The lowest BCUT2D eigenvalue weighted by atomic mass is 10.1. The number of ether oxygens (including phenoxy) is 3. The molecule has 5 nitrogen and oxygen atoms in total. The summed E-state index contributed by atoms with van der Waals surface area (Å²) in [6, 6.07) is 9.22. The van der Waals surface area contributed by atoms with Gasteiger partial charge in [0.05, 0.1) is 6.61 Å². The molecule has 1 atom stereocenters. The van der Waals surface area contributed by atoms with Crippen molar-refractivity contribution in [1.82, 2.24) is 5.32 Å². The SMILES string of the molecule is CCOC(=O)C(CCCOC)(NC)Oc1ccccc1. The lowest BCUT2D eigenvalue weighted by Crippen LogP contribution is -2.56. The Hall–Kier alpha value is -1.59. The van der Waals surface area contributed by atoms with E-state index in [1.165, 1.54) is 0 Å². The second-order valence-electron chi connectivity index (χ2n) is 4.31. The van der Waals surface area contributed by atoms with E-state index in [0.717, 1.165) is 0 Å². The highest BCUT2D eigenvalue weighted by molar-refractivity contribution is 5.79. The molecule has 0 spiro atoms.